The van der Waals surface area contributed by atoms with Gasteiger partial charge in [0.25, 0.3) is 0 Å². The Bertz CT molecular complexity index is 1440. The molecule has 0 saturated heterocycles. The molecule has 0 rings (SSSR count). The van der Waals surface area contributed by atoms with Crippen molar-refractivity contribution in [3.05, 3.63) is 50.6 Å². The van der Waals surface area contributed by atoms with E-state index in [0.29, 0.717) is 64.7 Å². The van der Waals surface area contributed by atoms with Gasteiger partial charge in [0.2, 0.25) is 35.4 Å². The molecule has 0 unspecified atom stereocenters. The van der Waals surface area contributed by atoms with Crippen LogP contribution >= 0.6 is 0 Å². The second-order valence-corrected chi connectivity index (χ2v) is 22.8. The van der Waals surface area contributed by atoms with E-state index in [9.17, 15) is 28.8 Å². The molecule has 0 aromatic rings. The van der Waals surface area contributed by atoms with Crippen LogP contribution in [-0.4, -0.2) is 73.7 Å². The topological polar surface area (TPSA) is 175 Å². The van der Waals surface area contributed by atoms with Crippen LogP contribution in [0.25, 0.3) is 0 Å². The van der Waals surface area contributed by atoms with E-state index in [0.717, 1.165) is 167 Å². The van der Waals surface area contributed by atoms with Crippen molar-refractivity contribution in [2.24, 2.45) is 0 Å². The maximum absolute atomic E-state index is 13.4. The first kappa shape index (κ1) is 75.8. The van der Waals surface area contributed by atoms with Gasteiger partial charge in [-0.15, -0.1) is 26.3 Å². The van der Waals surface area contributed by atoms with E-state index in [2.05, 4.69) is 58.2 Å². The monoisotopic (exact) mass is 1120 g/mol. The molecule has 462 valence electrons. The lowest BCUT2D eigenvalue weighted by Crippen LogP contribution is -2.47. The molecule has 6 N–H and O–H groups in total. The summed E-state index contributed by atoms with van der Waals surface area (Å²) in [5, 5.41) is 18.4. The molecule has 0 spiro atoms. The number of rotatable bonds is 63. The van der Waals surface area contributed by atoms with Crippen molar-refractivity contribution in [3.8, 4) is 0 Å². The van der Waals surface area contributed by atoms with Gasteiger partial charge in [0.1, 0.15) is 12.1 Å². The van der Waals surface area contributed by atoms with Gasteiger partial charge in [0, 0.05) is 51.9 Å². The van der Waals surface area contributed by atoms with Gasteiger partial charge < -0.3 is 31.9 Å². The summed E-state index contributed by atoms with van der Waals surface area (Å²) in [6, 6.07) is -1.13. The molecular formula is C68H124N6O6. The van der Waals surface area contributed by atoms with Crippen LogP contribution in [0, 0.1) is 0 Å². The largest absolute Gasteiger partial charge is 0.356 e. The van der Waals surface area contributed by atoms with Gasteiger partial charge in [-0.2, -0.15) is 0 Å². The predicted molar refractivity (Wildman–Crippen MR) is 338 cm³/mol. The number of hydrogen-bond donors (Lipinski definition) is 6. The van der Waals surface area contributed by atoms with E-state index < -0.39 is 12.1 Å². The van der Waals surface area contributed by atoms with Crippen molar-refractivity contribution >= 4 is 35.4 Å². The summed E-state index contributed by atoms with van der Waals surface area (Å²) < 4.78 is 0. The summed E-state index contributed by atoms with van der Waals surface area (Å²) in [4.78, 5) is 77.4. The normalized spacial score (nSPS) is 11.8. The van der Waals surface area contributed by atoms with Gasteiger partial charge in [0.15, 0.2) is 0 Å². The SMILES string of the molecule is C=CCCCCCCCCC(=O)NCCCC[C@H](NC(=O)CCCCCCCCC=C)C(=O)NCCCCCCCCCCCCNC(=O)[C@H](CCCCNC(=O)CCCCCCCCC=C)NC(=O)CCCCCCCCC=C. The van der Waals surface area contributed by atoms with Crippen LogP contribution in [0.1, 0.15) is 308 Å². The molecule has 0 aliphatic heterocycles. The summed E-state index contributed by atoms with van der Waals surface area (Å²) in [5.41, 5.74) is 0. The van der Waals surface area contributed by atoms with Crippen LogP contribution in [0.2, 0.25) is 0 Å². The Labute approximate surface area is 491 Å². The third-order valence-electron chi connectivity index (χ3n) is 15.2. The predicted octanol–water partition coefficient (Wildman–Crippen LogP) is 15.9. The zero-order valence-electron chi connectivity index (χ0n) is 51.5. The highest BCUT2D eigenvalue weighted by atomic mass is 16.2. The van der Waals surface area contributed by atoms with Gasteiger partial charge in [-0.1, -0.05) is 178 Å². The number of allylic oxidation sites excluding steroid dienone is 4. The second-order valence-electron chi connectivity index (χ2n) is 22.8. The van der Waals surface area contributed by atoms with E-state index in [-0.39, 0.29) is 35.4 Å². The van der Waals surface area contributed by atoms with Crippen LogP contribution in [0.4, 0.5) is 0 Å². The summed E-state index contributed by atoms with van der Waals surface area (Å²) in [6.45, 7) is 17.5. The summed E-state index contributed by atoms with van der Waals surface area (Å²) >= 11 is 0. The first-order valence-electron chi connectivity index (χ1n) is 33.3. The minimum Gasteiger partial charge on any atom is -0.356 e. The first-order valence-corrected chi connectivity index (χ1v) is 33.3. The van der Waals surface area contributed by atoms with Crippen LogP contribution < -0.4 is 31.9 Å². The van der Waals surface area contributed by atoms with Crippen molar-refractivity contribution in [2.75, 3.05) is 26.2 Å². The number of carbonyl (C=O) groups excluding carboxylic acids is 6. The van der Waals surface area contributed by atoms with E-state index in [1.807, 2.05) is 24.3 Å². The molecule has 12 heteroatoms. The molecule has 0 fully saturated rings. The average molecular weight is 1120 g/mol. The third-order valence-corrected chi connectivity index (χ3v) is 15.2. The van der Waals surface area contributed by atoms with Crippen molar-refractivity contribution in [3.63, 3.8) is 0 Å². The van der Waals surface area contributed by atoms with Crippen molar-refractivity contribution in [1.82, 2.24) is 31.9 Å². The molecule has 0 radical (unpaired) electrons. The molecule has 0 bridgehead atoms. The fourth-order valence-electron chi connectivity index (χ4n) is 10.1. The summed E-state index contributed by atoms with van der Waals surface area (Å²) in [6.07, 6.45) is 55.7. The molecule has 0 aromatic carbocycles. The lowest BCUT2D eigenvalue weighted by Gasteiger charge is -2.19. The van der Waals surface area contributed by atoms with Crippen molar-refractivity contribution < 1.29 is 28.8 Å². The Balaban J connectivity index is 4.58. The molecule has 0 aliphatic rings. The Kier molecular flexibility index (Phi) is 57.7. The summed E-state index contributed by atoms with van der Waals surface area (Å²) in [7, 11) is 0. The summed E-state index contributed by atoms with van der Waals surface area (Å²) in [5.74, 6) is -0.157. The molecule has 2 atom stereocenters. The zero-order chi connectivity index (χ0) is 58.5. The van der Waals surface area contributed by atoms with E-state index >= 15 is 0 Å². The Hall–Kier alpha value is -4.22. The minimum atomic E-state index is -0.563. The van der Waals surface area contributed by atoms with E-state index in [1.54, 1.807) is 0 Å². The fourth-order valence-corrected chi connectivity index (χ4v) is 10.1. The Morgan fingerprint density at radius 1 is 0.250 bits per heavy atom. The Morgan fingerprint density at radius 3 is 0.738 bits per heavy atom. The van der Waals surface area contributed by atoms with Crippen LogP contribution in [0.3, 0.4) is 0 Å². The van der Waals surface area contributed by atoms with Gasteiger partial charge in [-0.25, -0.2) is 0 Å². The highest BCUT2D eigenvalue weighted by Crippen LogP contribution is 2.15. The lowest BCUT2D eigenvalue weighted by molar-refractivity contribution is -0.129. The molecule has 80 heavy (non-hydrogen) atoms. The quantitative estimate of drug-likeness (QED) is 0.0261. The van der Waals surface area contributed by atoms with Crippen LogP contribution in [-0.2, 0) is 28.8 Å². The van der Waals surface area contributed by atoms with Crippen molar-refractivity contribution in [1.29, 1.82) is 0 Å². The third kappa shape index (κ3) is 54.4. The first-order chi connectivity index (χ1) is 39.2. The van der Waals surface area contributed by atoms with Gasteiger partial charge in [-0.05, 0) is 128 Å². The smallest absolute Gasteiger partial charge is 0.242 e. The van der Waals surface area contributed by atoms with Gasteiger partial charge in [0.05, 0.1) is 0 Å². The number of hydrogen-bond acceptors (Lipinski definition) is 6. The molecule has 6 amide bonds. The second kappa shape index (κ2) is 60.9. The van der Waals surface area contributed by atoms with Gasteiger partial charge >= 0.3 is 0 Å². The molecular weight excluding hydrogens is 997 g/mol. The highest BCUT2D eigenvalue weighted by molar-refractivity contribution is 5.88. The lowest BCUT2D eigenvalue weighted by atomic mass is 10.1. The highest BCUT2D eigenvalue weighted by Gasteiger charge is 2.21. The standard InChI is InChI=1S/C68H124N6O6/c1-5-9-13-17-21-29-35-41-53-63(75)69-57-49-45-51-61(73-65(77)55-43-37-31-23-19-15-11-7-3)67(79)71-59-47-39-33-27-25-26-28-34-40-48-60-72-68(80)62(74-66(78)56-44-38-32-24-20-16-12-8-4)52-46-50-58-70-64(76)54-42-36-30-22-18-14-10-6-2/h5-8,61-62H,1-4,9-60H2,(H,69,75)(H,70,76)(H,71,79)(H,72,80)(H,73,77)(H,74,78)/t61-,62-/m0/s1. The maximum atomic E-state index is 13.4. The van der Waals surface area contributed by atoms with Crippen LogP contribution in [0.5, 0.6) is 0 Å². The fraction of sp³-hybridized carbons (Fsp3) is 0.794. The van der Waals surface area contributed by atoms with Gasteiger partial charge in [-0.3, -0.25) is 28.8 Å². The zero-order valence-corrected chi connectivity index (χ0v) is 51.5. The maximum Gasteiger partial charge on any atom is 0.242 e. The molecule has 0 aromatic heterocycles. The minimum absolute atomic E-state index is 0.0602. The average Bonchev–Trinajstić information content (AvgIpc) is 3.44. The molecule has 0 saturated carbocycles. The number of amides is 6. The number of carbonyl (C=O) groups is 6. The van der Waals surface area contributed by atoms with E-state index in [1.165, 1.54) is 103 Å². The number of nitrogens with one attached hydrogen (secondary N) is 6. The van der Waals surface area contributed by atoms with E-state index in [4.69, 9.17) is 0 Å². The molecule has 12 nitrogen and oxygen atoms in total. The van der Waals surface area contributed by atoms with Crippen LogP contribution in [0.15, 0.2) is 50.6 Å². The number of unbranched alkanes of at least 4 members (excludes halogenated alkanes) is 35. The van der Waals surface area contributed by atoms with Crippen molar-refractivity contribution in [2.45, 2.75) is 320 Å². The molecule has 0 aliphatic carbocycles. The Morgan fingerprint density at radius 2 is 0.463 bits per heavy atom. The molecule has 0 heterocycles.